The molecule has 1 amide bonds. The van der Waals surface area contributed by atoms with Gasteiger partial charge in [-0.05, 0) is 6.92 Å². The number of hydrogen-bond donors (Lipinski definition) is 2. The Bertz CT molecular complexity index is 334. The summed E-state index contributed by atoms with van der Waals surface area (Å²) >= 11 is 3.37. The van der Waals surface area contributed by atoms with Crippen LogP contribution in [0.25, 0.3) is 0 Å². The average Bonchev–Trinajstić information content (AvgIpc) is 2.72. The fourth-order valence-corrected chi connectivity index (χ4v) is 4.42. The Balaban J connectivity index is 1.95. The molecule has 0 bridgehead atoms. The Labute approximate surface area is 115 Å². The van der Waals surface area contributed by atoms with Crippen molar-refractivity contribution >= 4 is 35.4 Å². The zero-order chi connectivity index (χ0) is 13.1. The van der Waals surface area contributed by atoms with Gasteiger partial charge in [-0.25, -0.2) is 4.79 Å². The van der Waals surface area contributed by atoms with Crippen molar-refractivity contribution in [2.45, 2.75) is 30.8 Å². The minimum Gasteiger partial charge on any atom is -0.480 e. The van der Waals surface area contributed by atoms with Crippen LogP contribution >= 0.6 is 23.5 Å². The summed E-state index contributed by atoms with van der Waals surface area (Å²) in [6.07, 6.45) is 0.404. The molecule has 7 heteroatoms. The Morgan fingerprint density at radius 2 is 2.22 bits per heavy atom. The lowest BCUT2D eigenvalue weighted by Crippen LogP contribution is -2.48. The van der Waals surface area contributed by atoms with Crippen molar-refractivity contribution in [2.75, 3.05) is 23.8 Å². The van der Waals surface area contributed by atoms with E-state index in [4.69, 9.17) is 5.11 Å². The molecular formula is C11H18N2O3S2. The van der Waals surface area contributed by atoms with Crippen molar-refractivity contribution in [1.82, 2.24) is 10.2 Å². The van der Waals surface area contributed by atoms with Crippen molar-refractivity contribution in [3.63, 3.8) is 0 Å². The molecule has 18 heavy (non-hydrogen) atoms. The van der Waals surface area contributed by atoms with E-state index >= 15 is 0 Å². The number of nitrogens with one attached hydrogen (secondary N) is 1. The Kier molecular flexibility index (Phi) is 4.80. The monoisotopic (exact) mass is 290 g/mol. The number of carbonyl (C=O) groups is 2. The third-order valence-corrected chi connectivity index (χ3v) is 5.56. The number of nitrogens with zero attached hydrogens (tertiary/aromatic N) is 1. The minimum atomic E-state index is -0.897. The first-order valence-corrected chi connectivity index (χ1v) is 8.26. The highest BCUT2D eigenvalue weighted by Gasteiger charge is 2.39. The van der Waals surface area contributed by atoms with Crippen molar-refractivity contribution in [2.24, 2.45) is 0 Å². The van der Waals surface area contributed by atoms with E-state index in [1.165, 1.54) is 16.7 Å². The van der Waals surface area contributed by atoms with Gasteiger partial charge in [-0.15, -0.1) is 11.8 Å². The molecule has 2 aliphatic rings. The van der Waals surface area contributed by atoms with E-state index < -0.39 is 12.0 Å². The molecule has 2 aliphatic heterocycles. The van der Waals surface area contributed by atoms with Gasteiger partial charge in [-0.1, -0.05) is 0 Å². The van der Waals surface area contributed by atoms with Crippen LogP contribution in [0.1, 0.15) is 13.3 Å². The maximum Gasteiger partial charge on any atom is 0.327 e. The number of carboxylic acid groups (broad SMARTS) is 1. The topological polar surface area (TPSA) is 69.6 Å². The third kappa shape index (κ3) is 3.13. The molecule has 0 aliphatic carbocycles. The van der Waals surface area contributed by atoms with Gasteiger partial charge >= 0.3 is 5.97 Å². The third-order valence-electron chi connectivity index (χ3n) is 3.22. The first-order valence-electron chi connectivity index (χ1n) is 6.06. The Morgan fingerprint density at radius 1 is 1.44 bits per heavy atom. The second kappa shape index (κ2) is 6.16. The van der Waals surface area contributed by atoms with Crippen LogP contribution in [0.5, 0.6) is 0 Å². The standard InChI is InChI=1S/C11H18N2O3S2/c1-7-13(9(6-18-7)11(15)16)10(14)4-8-5-17-3-2-12-8/h7-9,12H,2-6H2,1H3,(H,15,16). The van der Waals surface area contributed by atoms with Gasteiger partial charge in [0.2, 0.25) is 5.91 Å². The average molecular weight is 290 g/mol. The molecule has 2 heterocycles. The maximum atomic E-state index is 12.2. The van der Waals surface area contributed by atoms with Crippen LogP contribution in [0.2, 0.25) is 0 Å². The second-order valence-electron chi connectivity index (χ2n) is 4.52. The number of rotatable bonds is 3. The molecule has 0 aromatic heterocycles. The zero-order valence-corrected chi connectivity index (χ0v) is 11.9. The minimum absolute atomic E-state index is 0.0326. The van der Waals surface area contributed by atoms with Gasteiger partial charge < -0.3 is 15.3 Å². The van der Waals surface area contributed by atoms with E-state index in [2.05, 4.69) is 5.32 Å². The molecule has 3 atom stereocenters. The first-order chi connectivity index (χ1) is 8.59. The van der Waals surface area contributed by atoms with Gasteiger partial charge in [0, 0.05) is 36.3 Å². The number of aliphatic carboxylic acids is 1. The van der Waals surface area contributed by atoms with E-state index in [1.807, 2.05) is 18.7 Å². The summed E-state index contributed by atoms with van der Waals surface area (Å²) in [4.78, 5) is 24.9. The van der Waals surface area contributed by atoms with E-state index in [-0.39, 0.29) is 17.3 Å². The van der Waals surface area contributed by atoms with Gasteiger partial charge in [0.25, 0.3) is 0 Å². The molecule has 2 rings (SSSR count). The predicted octanol–water partition coefficient (Wildman–Crippen LogP) is 0.456. The van der Waals surface area contributed by atoms with Crippen molar-refractivity contribution < 1.29 is 14.7 Å². The van der Waals surface area contributed by atoms with Crippen molar-refractivity contribution in [3.8, 4) is 0 Å². The molecule has 102 valence electrons. The molecule has 2 N–H and O–H groups in total. The molecule has 5 nitrogen and oxygen atoms in total. The fourth-order valence-electron chi connectivity index (χ4n) is 2.28. The SMILES string of the molecule is CC1SCC(C(=O)O)N1C(=O)CC1CSCCN1. The lowest BCUT2D eigenvalue weighted by Gasteiger charge is -2.29. The molecule has 2 fully saturated rings. The quantitative estimate of drug-likeness (QED) is 0.787. The molecule has 0 spiro atoms. The Morgan fingerprint density at radius 3 is 2.83 bits per heavy atom. The van der Waals surface area contributed by atoms with Gasteiger partial charge in [-0.2, -0.15) is 11.8 Å². The van der Waals surface area contributed by atoms with Gasteiger partial charge in [0.15, 0.2) is 0 Å². The predicted molar refractivity (Wildman–Crippen MR) is 73.9 cm³/mol. The number of thioether (sulfide) groups is 2. The summed E-state index contributed by atoms with van der Waals surface area (Å²) < 4.78 is 0. The van der Waals surface area contributed by atoms with Crippen LogP contribution in [0.3, 0.4) is 0 Å². The molecule has 2 saturated heterocycles. The summed E-state index contributed by atoms with van der Waals surface area (Å²) in [6.45, 7) is 2.82. The number of carbonyl (C=O) groups excluding carboxylic acids is 1. The summed E-state index contributed by atoms with van der Waals surface area (Å²) in [7, 11) is 0. The first kappa shape index (κ1) is 14.0. The number of amides is 1. The number of carboxylic acids is 1. The molecule has 0 radical (unpaired) electrons. The smallest absolute Gasteiger partial charge is 0.327 e. The summed E-state index contributed by atoms with van der Waals surface area (Å²) in [6, 6.07) is -0.475. The normalized spacial score (nSPS) is 32.5. The largest absolute Gasteiger partial charge is 0.480 e. The van der Waals surface area contributed by atoms with E-state index in [0.717, 1.165) is 18.1 Å². The highest BCUT2D eigenvalue weighted by Crippen LogP contribution is 2.29. The fraction of sp³-hybridized carbons (Fsp3) is 0.818. The molecule has 0 saturated carbocycles. The van der Waals surface area contributed by atoms with Crippen molar-refractivity contribution in [3.05, 3.63) is 0 Å². The van der Waals surface area contributed by atoms with Gasteiger partial charge in [-0.3, -0.25) is 4.79 Å². The van der Waals surface area contributed by atoms with Gasteiger partial charge in [0.05, 0.1) is 5.37 Å². The van der Waals surface area contributed by atoms with Gasteiger partial charge in [0.1, 0.15) is 6.04 Å². The number of hydrogen-bond acceptors (Lipinski definition) is 5. The highest BCUT2D eigenvalue weighted by molar-refractivity contribution is 8.00. The van der Waals surface area contributed by atoms with Crippen LogP contribution in [-0.4, -0.2) is 63.1 Å². The molecule has 3 unspecified atom stereocenters. The zero-order valence-electron chi connectivity index (χ0n) is 10.3. The van der Waals surface area contributed by atoms with E-state index in [0.29, 0.717) is 12.2 Å². The van der Waals surface area contributed by atoms with E-state index in [1.54, 1.807) is 0 Å². The highest BCUT2D eigenvalue weighted by atomic mass is 32.2. The Hall–Kier alpha value is -0.400. The second-order valence-corrected chi connectivity index (χ2v) is 7.02. The van der Waals surface area contributed by atoms with E-state index in [9.17, 15) is 9.59 Å². The molecule has 0 aromatic carbocycles. The van der Waals surface area contributed by atoms with Crippen LogP contribution in [0, 0.1) is 0 Å². The lowest BCUT2D eigenvalue weighted by molar-refractivity contribution is -0.149. The van der Waals surface area contributed by atoms with Crippen LogP contribution in [0.15, 0.2) is 0 Å². The summed E-state index contributed by atoms with van der Waals surface area (Å²) in [5.74, 6) is 1.57. The van der Waals surface area contributed by atoms with Crippen molar-refractivity contribution in [1.29, 1.82) is 0 Å². The van der Waals surface area contributed by atoms with Crippen LogP contribution < -0.4 is 5.32 Å². The molecule has 0 aromatic rings. The van der Waals surface area contributed by atoms with Crippen LogP contribution in [0.4, 0.5) is 0 Å². The summed E-state index contributed by atoms with van der Waals surface area (Å²) in [5, 5.41) is 12.4. The summed E-state index contributed by atoms with van der Waals surface area (Å²) in [5.41, 5.74) is 0. The lowest BCUT2D eigenvalue weighted by atomic mass is 10.1. The van der Waals surface area contributed by atoms with Crippen LogP contribution in [-0.2, 0) is 9.59 Å². The molecular weight excluding hydrogens is 272 g/mol. The maximum absolute atomic E-state index is 12.2.